The van der Waals surface area contributed by atoms with Crippen LogP contribution in [0.4, 0.5) is 45.7 Å². The summed E-state index contributed by atoms with van der Waals surface area (Å²) in [4.78, 5) is 3.78. The van der Waals surface area contributed by atoms with Crippen molar-refractivity contribution in [2.75, 3.05) is 0 Å². The fraction of sp³-hybridized carbons (Fsp3) is 0.421. The summed E-state index contributed by atoms with van der Waals surface area (Å²) in [5.74, 6) is 0. The van der Waals surface area contributed by atoms with Crippen molar-refractivity contribution in [2.24, 2.45) is 0 Å². The quantitative estimate of drug-likeness (QED) is 0.351. The van der Waals surface area contributed by atoms with Crippen LogP contribution in [0, 0.1) is 0 Å². The van der Waals surface area contributed by atoms with Crippen molar-refractivity contribution in [3.05, 3.63) is 67.0 Å². The average Bonchev–Trinajstić information content (AvgIpc) is 2.96. The summed E-state index contributed by atoms with van der Waals surface area (Å²) in [6.07, 6.45) is 3.50. The Hall–Kier alpha value is -2.33. The van der Waals surface area contributed by atoms with E-state index in [1.54, 1.807) is 12.4 Å². The van der Waals surface area contributed by atoms with Crippen molar-refractivity contribution >= 4 is 0 Å². The molecule has 0 atom stereocenters. The summed E-state index contributed by atoms with van der Waals surface area (Å²) in [5.41, 5.74) is 0. The van der Waals surface area contributed by atoms with E-state index in [-0.39, 0.29) is 0 Å². The Bertz CT molecular complexity index is 209. The lowest BCUT2D eigenvalue weighted by Gasteiger charge is -1.70. The predicted molar refractivity (Wildman–Crippen MR) is 107 cm³/mol. The Kier molecular flexibility index (Phi) is 354. The van der Waals surface area contributed by atoms with E-state index in [0.717, 1.165) is 0 Å². The van der Waals surface area contributed by atoms with Crippen LogP contribution in [0.15, 0.2) is 67.0 Å². The SMILES string of the molecule is CC.CC.CC.CC.FF.FF.FF.FF.FF.c1ccccc1.c1ccncc1. The van der Waals surface area contributed by atoms with Gasteiger partial charge in [-0.2, -0.15) is 0 Å². The van der Waals surface area contributed by atoms with E-state index in [0.29, 0.717) is 0 Å². The van der Waals surface area contributed by atoms with Gasteiger partial charge < -0.3 is 0 Å². The molecule has 11 heteroatoms. The minimum absolute atomic E-state index is 1.75. The highest BCUT2D eigenvalue weighted by Crippen LogP contribution is 1.79. The van der Waals surface area contributed by atoms with Crippen molar-refractivity contribution in [3.63, 3.8) is 0 Å². The van der Waals surface area contributed by atoms with E-state index in [2.05, 4.69) is 4.98 Å². The molecule has 0 spiro atoms. The molecule has 1 aromatic carbocycles. The Balaban J connectivity index is -0.0000000246. The first-order valence-electron chi connectivity index (χ1n) is 8.56. The van der Waals surface area contributed by atoms with Crippen molar-refractivity contribution in [3.8, 4) is 0 Å². The van der Waals surface area contributed by atoms with E-state index < -0.39 is 0 Å². The predicted octanol–water partition coefficient (Wildman–Crippen LogP) is 11.1. The van der Waals surface area contributed by atoms with Gasteiger partial charge in [0.05, 0.1) is 0 Å². The summed E-state index contributed by atoms with van der Waals surface area (Å²) in [7, 11) is 0. The second kappa shape index (κ2) is 188. The number of hydrogen-bond donors (Lipinski definition) is 0. The van der Waals surface area contributed by atoms with Crippen molar-refractivity contribution in [2.45, 2.75) is 55.4 Å². The number of hydrogen-bond acceptors (Lipinski definition) is 1. The molecule has 0 unspecified atom stereocenters. The van der Waals surface area contributed by atoms with Gasteiger partial charge in [-0.1, -0.05) is 97.9 Å². The van der Waals surface area contributed by atoms with Gasteiger partial charge in [-0.05, 0) is 12.1 Å². The molecule has 0 radical (unpaired) electrons. The molecule has 0 N–H and O–H groups in total. The van der Waals surface area contributed by atoms with Gasteiger partial charge in [0.2, 0.25) is 0 Å². The zero-order valence-electron chi connectivity index (χ0n) is 18.6. The third kappa shape index (κ3) is 167. The van der Waals surface area contributed by atoms with Crippen LogP contribution >= 0.6 is 0 Å². The molecular weight excluding hydrogens is 432 g/mol. The highest BCUT2D eigenvalue weighted by Gasteiger charge is 1.58. The molecule has 0 fully saturated rings. The van der Waals surface area contributed by atoms with Gasteiger partial charge in [0.1, 0.15) is 0 Å². The molecule has 0 aliphatic carbocycles. The molecule has 30 heavy (non-hydrogen) atoms. The molecule has 186 valence electrons. The molecule has 2 rings (SSSR count). The maximum absolute atomic E-state index is 8.00. The van der Waals surface area contributed by atoms with Crippen molar-refractivity contribution in [1.82, 2.24) is 4.98 Å². The Labute approximate surface area is 174 Å². The zero-order chi connectivity index (χ0) is 26.5. The van der Waals surface area contributed by atoms with Crippen LogP contribution in [0.25, 0.3) is 0 Å². The van der Waals surface area contributed by atoms with Crippen LogP contribution in [0.3, 0.4) is 0 Å². The van der Waals surface area contributed by atoms with Crippen LogP contribution in [0.2, 0.25) is 0 Å². The molecule has 0 bridgehead atoms. The lowest BCUT2D eigenvalue weighted by molar-refractivity contribution is 0.108. The molecule has 2 aromatic rings. The van der Waals surface area contributed by atoms with E-state index in [4.69, 9.17) is 45.7 Å². The summed E-state index contributed by atoms with van der Waals surface area (Å²) < 4.78 is 80.0. The molecule has 1 nitrogen and oxygen atoms in total. The summed E-state index contributed by atoms with van der Waals surface area (Å²) >= 11 is 0. The minimum atomic E-state index is 1.75. The number of halogens is 10. The number of rotatable bonds is 0. The van der Waals surface area contributed by atoms with Crippen LogP contribution < -0.4 is 0 Å². The molecule has 1 aromatic heterocycles. The monoisotopic (exact) mass is 467 g/mol. The highest BCUT2D eigenvalue weighted by molar-refractivity contribution is 4.99. The second-order valence-corrected chi connectivity index (χ2v) is 2.18. The van der Waals surface area contributed by atoms with E-state index in [9.17, 15) is 0 Å². The summed E-state index contributed by atoms with van der Waals surface area (Å²) in [5, 5.41) is 0. The van der Waals surface area contributed by atoms with Crippen LogP contribution in [0.5, 0.6) is 0 Å². The van der Waals surface area contributed by atoms with Crippen molar-refractivity contribution < 1.29 is 45.7 Å². The van der Waals surface area contributed by atoms with Gasteiger partial charge in [0.25, 0.3) is 0 Å². The maximum atomic E-state index is 8.00. The molecule has 1 heterocycles. The highest BCUT2D eigenvalue weighted by atomic mass is 20.0. The smallest absolute Gasteiger partial charge is 0.0267 e. The first kappa shape index (κ1) is 56.5. The van der Waals surface area contributed by atoms with Gasteiger partial charge in [0, 0.05) is 58.1 Å². The van der Waals surface area contributed by atoms with Gasteiger partial charge in [0.15, 0.2) is 0 Å². The van der Waals surface area contributed by atoms with Gasteiger partial charge in [-0.15, -0.1) is 0 Å². The van der Waals surface area contributed by atoms with Gasteiger partial charge >= 0.3 is 0 Å². The van der Waals surface area contributed by atoms with Gasteiger partial charge in [-0.25, -0.2) is 0 Å². The topological polar surface area (TPSA) is 12.9 Å². The molecule has 0 aliphatic rings. The third-order valence-corrected chi connectivity index (χ3v) is 1.23. The number of aromatic nitrogens is 1. The Morgan fingerprint density at radius 1 is 0.300 bits per heavy atom. The average molecular weight is 467 g/mol. The number of pyridine rings is 1. The lowest BCUT2D eigenvalue weighted by atomic mass is 10.4. The number of nitrogens with zero attached hydrogens (tertiary/aromatic N) is 1. The Morgan fingerprint density at radius 3 is 0.500 bits per heavy atom. The van der Waals surface area contributed by atoms with Crippen LogP contribution in [0.1, 0.15) is 55.4 Å². The number of benzene rings is 1. The largest absolute Gasteiger partial charge is 0.265 e. The standard InChI is InChI=1S/C6H6.C5H5N.4C2H6.5F2/c2*1-2-4-6-5-3-1;9*1-2/h1-6H;1-5H;4*1-2H3;;;;;. The first-order chi connectivity index (χ1) is 15.0. The van der Waals surface area contributed by atoms with E-state index in [1.165, 1.54) is 0 Å². The third-order valence-electron chi connectivity index (χ3n) is 1.23. The molecule has 0 saturated carbocycles. The maximum Gasteiger partial charge on any atom is 0.0267 e. The molecule has 0 aliphatic heterocycles. The summed E-state index contributed by atoms with van der Waals surface area (Å²) in [6.45, 7) is 16.0. The second-order valence-electron chi connectivity index (χ2n) is 2.18. The zero-order valence-corrected chi connectivity index (χ0v) is 18.6. The van der Waals surface area contributed by atoms with Crippen molar-refractivity contribution in [1.29, 1.82) is 0 Å². The molecule has 0 amide bonds. The normalized spacial score (nSPS) is 5.00. The first-order valence-corrected chi connectivity index (χ1v) is 8.56. The minimum Gasteiger partial charge on any atom is -0.265 e. The fourth-order valence-corrected chi connectivity index (χ4v) is 0.698. The molecule has 0 saturated heterocycles. The Morgan fingerprint density at radius 2 is 0.433 bits per heavy atom. The van der Waals surface area contributed by atoms with Crippen LogP contribution in [-0.2, 0) is 0 Å². The lowest BCUT2D eigenvalue weighted by Crippen LogP contribution is -1.58. The molecular formula is C19H35F10N. The van der Waals surface area contributed by atoms with Crippen LogP contribution in [-0.4, -0.2) is 4.98 Å². The summed E-state index contributed by atoms with van der Waals surface area (Å²) in [6, 6.07) is 17.7. The fourth-order valence-electron chi connectivity index (χ4n) is 0.698. The van der Waals surface area contributed by atoms with E-state index in [1.807, 2.05) is 110 Å². The van der Waals surface area contributed by atoms with Gasteiger partial charge in [-0.3, -0.25) is 4.98 Å². The van der Waals surface area contributed by atoms with E-state index >= 15 is 0 Å².